The second-order valence-corrected chi connectivity index (χ2v) is 41.2. The second-order valence-electron chi connectivity index (χ2n) is 35.7. The quantitative estimate of drug-likeness (QED) is 0.0142. The van der Waals surface area contributed by atoms with Gasteiger partial charge in [-0.05, 0) is 96.3 Å². The molecule has 17 amide bonds. The lowest BCUT2D eigenvalue weighted by atomic mass is 9.84. The highest BCUT2D eigenvalue weighted by atomic mass is 32.2. The Bertz CT molecular complexity index is 5360. The molecule has 0 spiro atoms. The van der Waals surface area contributed by atoms with Crippen molar-refractivity contribution in [3.63, 3.8) is 0 Å². The van der Waals surface area contributed by atoms with Crippen molar-refractivity contribution < 1.29 is 96.8 Å². The van der Waals surface area contributed by atoms with Crippen molar-refractivity contribution in [2.45, 2.75) is 187 Å². The van der Waals surface area contributed by atoms with Crippen LogP contribution in [0.3, 0.4) is 0 Å². The molecule has 2 aliphatic heterocycles. The number of carbonyl (C=O) groups excluding carboxylic acids is 17. The Morgan fingerprint density at radius 2 is 0.776 bits per heavy atom. The second kappa shape index (κ2) is 59.2. The molecule has 9 rings (SSSR count). The predicted octanol–water partition coefficient (Wildman–Crippen LogP) is 0.752. The van der Waals surface area contributed by atoms with Gasteiger partial charge in [-0.15, -0.1) is 47.0 Å². The SMILES string of the molecule is CC[C@H](C)[C@H](NC(=O)[C@@H]1CCCN1C(=O)[C@H](CO)NC(=O)[C@H](CCSC)NC(=O)[C@H](C)NC(=O)[C@H](CO)NC(=O)[C@H](CSC(c1ccccc1)(c1ccccc1)c1ccccc1)NC(=O)[C@@H](NC(=O)[C@@H]1CCCN1C(=O)[C@H](Cc1c[nH]cn1)NC(=O)[C@H](CO)NC(=O)[C@H](CSCNC(C)=O)NC(=O)[C@H](CSC(c1ccccc1)(c1ccccc1)c1ccccc1)NC(=O)CN)C(C)C)C(=O)N[C@@H](CSCNC(C)=O)C(N)=O. The van der Waals surface area contributed by atoms with E-state index in [1.807, 2.05) is 182 Å². The summed E-state index contributed by atoms with van der Waals surface area (Å²) in [5.74, 6) is -15.8. The van der Waals surface area contributed by atoms with Crippen LogP contribution < -0.4 is 85.9 Å². The highest BCUT2D eigenvalue weighted by molar-refractivity contribution is 8.01. The van der Waals surface area contributed by atoms with Gasteiger partial charge in [-0.1, -0.05) is 216 Å². The maximum absolute atomic E-state index is 15.5. The molecule has 22 N–H and O–H groups in total. The van der Waals surface area contributed by atoms with Crippen LogP contribution in [0.2, 0.25) is 0 Å². The van der Waals surface area contributed by atoms with Crippen LogP contribution in [-0.2, 0) is 97.4 Å². The zero-order valence-electron chi connectivity index (χ0n) is 83.2. The normalized spacial score (nSPS) is 16.1. The van der Waals surface area contributed by atoms with E-state index in [0.29, 0.717) is 12.8 Å². The fourth-order valence-corrected chi connectivity index (χ4v) is 22.2. The number of nitrogens with one attached hydrogen (secondary N) is 15. The maximum Gasteiger partial charge on any atom is 0.248 e. The topological polar surface area (TPSA) is 606 Å². The molecule has 1 aromatic heterocycles. The number of imidazole rings is 1. The number of H-pyrrole nitrogens is 1. The maximum atomic E-state index is 15.5. The van der Waals surface area contributed by atoms with Crippen molar-refractivity contribution in [2.24, 2.45) is 23.3 Å². The van der Waals surface area contributed by atoms with E-state index in [-0.39, 0.29) is 97.3 Å². The molecule has 45 heteroatoms. The minimum absolute atomic E-state index is 0.000242. The average molecular weight is 2120 g/mol. The minimum atomic E-state index is -1.86. The molecule has 0 unspecified atom stereocenters. The summed E-state index contributed by atoms with van der Waals surface area (Å²) < 4.78 is -2.15. The molecule has 0 saturated carbocycles. The highest BCUT2D eigenvalue weighted by Crippen LogP contribution is 2.50. The van der Waals surface area contributed by atoms with E-state index < -0.39 is 227 Å². The molecule has 0 radical (unpaired) electrons. The number of likely N-dealkylation sites (tertiary alicyclic amines) is 2. The van der Waals surface area contributed by atoms with E-state index in [1.54, 1.807) is 34.0 Å². The lowest BCUT2D eigenvalue weighted by Crippen LogP contribution is -2.62. The van der Waals surface area contributed by atoms with Crippen LogP contribution >= 0.6 is 58.8 Å². The Balaban J connectivity index is 0.912. The lowest BCUT2D eigenvalue weighted by molar-refractivity contribution is -0.143. The van der Waals surface area contributed by atoms with E-state index in [2.05, 4.69) is 84.4 Å². The first kappa shape index (κ1) is 118. The summed E-state index contributed by atoms with van der Waals surface area (Å²) in [6.45, 7) is 6.84. The minimum Gasteiger partial charge on any atom is -0.394 e. The lowest BCUT2D eigenvalue weighted by Gasteiger charge is -2.37. The van der Waals surface area contributed by atoms with Gasteiger partial charge < -0.3 is 116 Å². The van der Waals surface area contributed by atoms with E-state index in [1.165, 1.54) is 73.5 Å². The Labute approximate surface area is 875 Å². The summed E-state index contributed by atoms with van der Waals surface area (Å²) in [6.07, 6.45) is 5.19. The van der Waals surface area contributed by atoms with Gasteiger partial charge in [0.25, 0.3) is 0 Å². The fraction of sp³-hybridized carbons (Fsp3) is 0.451. The summed E-state index contributed by atoms with van der Waals surface area (Å²) in [5, 5.41) is 69.8. The van der Waals surface area contributed by atoms with Crippen LogP contribution in [0.4, 0.5) is 0 Å². The third kappa shape index (κ3) is 33.3. The first-order valence-corrected chi connectivity index (χ1v) is 54.0. The number of carbonyl (C=O) groups is 17. The van der Waals surface area contributed by atoms with Crippen molar-refractivity contribution in [1.82, 2.24) is 94.2 Å². The molecule has 2 saturated heterocycles. The van der Waals surface area contributed by atoms with Gasteiger partial charge in [0.1, 0.15) is 84.6 Å². The number of aromatic amines is 1. The Morgan fingerprint density at radius 3 is 1.16 bits per heavy atom. The van der Waals surface area contributed by atoms with Crippen molar-refractivity contribution in [3.8, 4) is 0 Å². The number of aliphatic hydroxyl groups excluding tert-OH is 3. The first-order chi connectivity index (χ1) is 70.6. The number of primary amides is 1. The zero-order chi connectivity index (χ0) is 107. The van der Waals surface area contributed by atoms with E-state index >= 15 is 19.2 Å². The number of rotatable bonds is 58. The summed E-state index contributed by atoms with van der Waals surface area (Å²) in [7, 11) is 0. The Morgan fingerprint density at radius 1 is 0.429 bits per heavy atom. The van der Waals surface area contributed by atoms with Crippen LogP contribution in [-0.4, -0.2) is 306 Å². The monoisotopic (exact) mass is 2120 g/mol. The van der Waals surface area contributed by atoms with Crippen LogP contribution in [0.25, 0.3) is 0 Å². The van der Waals surface area contributed by atoms with Gasteiger partial charge in [0, 0.05) is 62.6 Å². The van der Waals surface area contributed by atoms with Gasteiger partial charge >= 0.3 is 0 Å². The molecule has 2 fully saturated rings. The van der Waals surface area contributed by atoms with E-state index in [9.17, 15) is 77.6 Å². The summed E-state index contributed by atoms with van der Waals surface area (Å²) in [6, 6.07) is 35.7. The molecular formula is C102H134N20O20S5. The number of aliphatic hydroxyl groups is 3. The summed E-state index contributed by atoms with van der Waals surface area (Å²) >= 11 is 6.01. The molecule has 15 atom stereocenters. The molecule has 40 nitrogen and oxygen atoms in total. The number of benzene rings is 6. The number of nitrogens with zero attached hydrogens (tertiary/aromatic N) is 3. The van der Waals surface area contributed by atoms with Crippen LogP contribution in [0.15, 0.2) is 195 Å². The van der Waals surface area contributed by atoms with Gasteiger partial charge in [-0.3, -0.25) is 81.5 Å². The van der Waals surface area contributed by atoms with Gasteiger partial charge in [-0.25, -0.2) is 4.98 Å². The van der Waals surface area contributed by atoms with Gasteiger partial charge in [0.2, 0.25) is 100 Å². The van der Waals surface area contributed by atoms with Crippen molar-refractivity contribution in [3.05, 3.63) is 234 Å². The molecule has 3 heterocycles. The molecule has 147 heavy (non-hydrogen) atoms. The first-order valence-electron chi connectivity index (χ1n) is 48.4. The fourth-order valence-electron chi connectivity index (χ4n) is 16.8. The summed E-state index contributed by atoms with van der Waals surface area (Å²) in [5.41, 5.74) is 16.5. The van der Waals surface area contributed by atoms with Crippen LogP contribution in [0.1, 0.15) is 126 Å². The number of nitrogens with two attached hydrogens (primary N) is 2. The number of amides is 17. The Kier molecular flexibility index (Phi) is 47.4. The Hall–Kier alpha value is -12.9. The average Bonchev–Trinajstić information content (AvgIpc) is 1.19. The number of hydrogen-bond acceptors (Lipinski definition) is 27. The molecule has 0 bridgehead atoms. The van der Waals surface area contributed by atoms with Gasteiger partial charge in [0.05, 0.1) is 59.6 Å². The standard InChI is InChI=1S/C102H134N20O20S5/c1-9-62(4)86(98(140)116-78(87(104)129)54-144-59-107-64(6)126)120-96(138)83-43-29-46-122(83)100(142)77(53-125)115-89(131)73(44-47-143-8)111-88(130)63(5)109-90(132)75(51-123)113-94(136)81(57-147-102(69-36-22-13-23-37-69,70-38-24-14-25-39-70)71-40-26-15-27-41-71)118-97(139)85(61(2)3)119-95(137)82-42-28-45-121(82)99(141)74(48-72-50-105-58-106-72)112-91(133)76(52-124)114-92(134)79(55-145-60-108-65(7)127)117-93(135)80(110-84(128)49-103)56-146-101(66-30-16-10-17-31-66,67-32-18-11-19-33-67)68-34-20-12-21-35-68/h10-27,30-41,50,58,61-63,73-83,85-86,123-125H,9,28-29,42-49,51-57,59-60,103H2,1-8H3,(H2,104,129)(H,105,106)(H,107,126)(H,108,127)(H,109,132)(H,110,128)(H,111,130)(H,112,133)(H,113,136)(H,114,134)(H,115,131)(H,116,140)(H,117,135)(H,118,139)(H,119,137)(H,120,138)/t62-,63-,73-,74-,75-,76-,77-,78-,79-,80-,81-,82-,83-,85-,86-/m0/s1. The predicted molar refractivity (Wildman–Crippen MR) is 563 cm³/mol. The van der Waals surface area contributed by atoms with E-state index in [4.69, 9.17) is 11.5 Å². The molecular weight excluding hydrogens is 1990 g/mol. The molecule has 7 aromatic rings. The van der Waals surface area contributed by atoms with Gasteiger partial charge in [-0.2, -0.15) is 11.8 Å². The molecule has 0 aliphatic carbocycles. The number of thioether (sulfide) groups is 5. The molecule has 2 aliphatic rings. The zero-order valence-corrected chi connectivity index (χ0v) is 87.3. The van der Waals surface area contributed by atoms with Crippen molar-refractivity contribution >= 4 is 159 Å². The van der Waals surface area contributed by atoms with Crippen LogP contribution in [0, 0.1) is 11.8 Å². The number of aromatic nitrogens is 2. The largest absolute Gasteiger partial charge is 0.394 e. The number of hydrogen-bond donors (Lipinski definition) is 20. The smallest absolute Gasteiger partial charge is 0.248 e. The molecule has 792 valence electrons. The third-order valence-electron chi connectivity index (χ3n) is 24.9. The van der Waals surface area contributed by atoms with E-state index in [0.717, 1.165) is 61.8 Å². The van der Waals surface area contributed by atoms with Crippen molar-refractivity contribution in [1.29, 1.82) is 0 Å². The van der Waals surface area contributed by atoms with Crippen molar-refractivity contribution in [2.75, 3.05) is 86.2 Å². The summed E-state index contributed by atoms with van der Waals surface area (Å²) in [4.78, 5) is 251. The highest BCUT2D eigenvalue weighted by Gasteiger charge is 2.47. The third-order valence-corrected chi connectivity index (χ3v) is 30.7. The van der Waals surface area contributed by atoms with Crippen LogP contribution in [0.5, 0.6) is 0 Å². The molecule has 6 aromatic carbocycles. The van der Waals surface area contributed by atoms with Gasteiger partial charge in [0.15, 0.2) is 0 Å².